The van der Waals surface area contributed by atoms with Gasteiger partial charge < -0.3 is 5.32 Å². The monoisotopic (exact) mass is 298 g/mol. The van der Waals surface area contributed by atoms with Crippen LogP contribution in [0.2, 0.25) is 0 Å². The highest BCUT2D eigenvalue weighted by atomic mass is 19.4. The van der Waals surface area contributed by atoms with E-state index >= 15 is 0 Å². The molecule has 21 heavy (non-hydrogen) atoms. The van der Waals surface area contributed by atoms with Gasteiger partial charge in [0.05, 0.1) is 5.56 Å². The van der Waals surface area contributed by atoms with E-state index in [0.29, 0.717) is 12.8 Å². The topological polar surface area (TPSA) is 42.0 Å². The van der Waals surface area contributed by atoms with Crippen LogP contribution in [0.5, 0.6) is 0 Å². The highest BCUT2D eigenvalue weighted by molar-refractivity contribution is 5.97. The average Bonchev–Trinajstić information content (AvgIpc) is 2.45. The lowest BCUT2D eigenvalue weighted by Crippen LogP contribution is -2.50. The van der Waals surface area contributed by atoms with Crippen LogP contribution in [0.3, 0.4) is 0 Å². The predicted octanol–water partition coefficient (Wildman–Crippen LogP) is 3.20. The van der Waals surface area contributed by atoms with E-state index < -0.39 is 23.2 Å². The van der Waals surface area contributed by atoms with Crippen molar-refractivity contribution in [1.82, 2.24) is 10.3 Å². The molecular formula is C15H17F3N2O. The quantitative estimate of drug-likeness (QED) is 0.853. The molecule has 6 heteroatoms. The van der Waals surface area contributed by atoms with Crippen LogP contribution < -0.4 is 5.32 Å². The fraction of sp³-hybridized carbons (Fsp3) is 0.600. The maximum Gasteiger partial charge on any atom is 0.418 e. The van der Waals surface area contributed by atoms with E-state index in [1.807, 2.05) is 0 Å². The van der Waals surface area contributed by atoms with Gasteiger partial charge in [-0.2, -0.15) is 13.2 Å². The first kappa shape index (κ1) is 14.5. The zero-order chi connectivity index (χ0) is 15.0. The number of piperidine rings is 2. The van der Waals surface area contributed by atoms with Crippen molar-refractivity contribution in [3.63, 3.8) is 0 Å². The minimum absolute atomic E-state index is 0.254. The summed E-state index contributed by atoms with van der Waals surface area (Å²) in [5.41, 5.74) is -1.34. The zero-order valence-corrected chi connectivity index (χ0v) is 11.5. The van der Waals surface area contributed by atoms with Gasteiger partial charge in [0.25, 0.3) is 0 Å². The Labute approximate surface area is 120 Å². The summed E-state index contributed by atoms with van der Waals surface area (Å²) >= 11 is 0. The first-order valence-corrected chi connectivity index (χ1v) is 7.27. The van der Waals surface area contributed by atoms with Gasteiger partial charge in [-0.1, -0.05) is 6.42 Å². The number of hydrogen-bond donors (Lipinski definition) is 1. The SMILES string of the molecule is O=C(c1ncccc1C(F)(F)F)C1CC2CCCC(C1)N2. The molecule has 2 fully saturated rings. The van der Waals surface area contributed by atoms with Crippen molar-refractivity contribution in [3.8, 4) is 0 Å². The third-order valence-electron chi connectivity index (χ3n) is 4.43. The van der Waals surface area contributed by atoms with Gasteiger partial charge in [-0.3, -0.25) is 9.78 Å². The van der Waals surface area contributed by atoms with Gasteiger partial charge in [-0.05, 0) is 37.8 Å². The molecule has 3 heterocycles. The van der Waals surface area contributed by atoms with Crippen molar-refractivity contribution in [2.45, 2.75) is 50.4 Å². The summed E-state index contributed by atoms with van der Waals surface area (Å²) in [6.07, 6.45) is 1.06. The molecule has 2 atom stereocenters. The number of hydrogen-bond acceptors (Lipinski definition) is 3. The summed E-state index contributed by atoms with van der Waals surface area (Å²) < 4.78 is 39.0. The van der Waals surface area contributed by atoms with Crippen molar-refractivity contribution in [3.05, 3.63) is 29.6 Å². The van der Waals surface area contributed by atoms with Crippen molar-refractivity contribution in [2.75, 3.05) is 0 Å². The maximum atomic E-state index is 13.0. The fourth-order valence-corrected chi connectivity index (χ4v) is 3.50. The summed E-state index contributed by atoms with van der Waals surface area (Å²) in [4.78, 5) is 16.2. The lowest BCUT2D eigenvalue weighted by molar-refractivity contribution is -0.138. The molecule has 0 radical (unpaired) electrons. The van der Waals surface area contributed by atoms with Gasteiger partial charge in [0.15, 0.2) is 5.78 Å². The molecule has 1 N–H and O–H groups in total. The lowest BCUT2D eigenvalue weighted by Gasteiger charge is -2.39. The third-order valence-corrected chi connectivity index (χ3v) is 4.43. The Morgan fingerprint density at radius 1 is 1.24 bits per heavy atom. The summed E-state index contributed by atoms with van der Waals surface area (Å²) in [6, 6.07) is 2.66. The number of ketones is 1. The number of aromatic nitrogens is 1. The number of nitrogens with one attached hydrogen (secondary N) is 1. The van der Waals surface area contributed by atoms with Crippen molar-refractivity contribution in [2.24, 2.45) is 5.92 Å². The average molecular weight is 298 g/mol. The number of alkyl halides is 3. The standard InChI is InChI=1S/C15H17F3N2O/c16-15(17,18)12-5-2-6-19-13(12)14(21)9-7-10-3-1-4-11(8-9)20-10/h2,5-6,9-11,20H,1,3-4,7-8H2. The van der Waals surface area contributed by atoms with Gasteiger partial charge in [0, 0.05) is 24.2 Å². The normalized spacial score (nSPS) is 29.2. The van der Waals surface area contributed by atoms with Crippen LogP contribution in [0.4, 0.5) is 13.2 Å². The van der Waals surface area contributed by atoms with Gasteiger partial charge in [0.1, 0.15) is 5.69 Å². The summed E-state index contributed by atoms with van der Waals surface area (Å²) in [5, 5.41) is 3.44. The molecule has 1 aromatic heterocycles. The summed E-state index contributed by atoms with van der Waals surface area (Å²) in [5.74, 6) is -0.807. The molecule has 1 aromatic rings. The van der Waals surface area contributed by atoms with E-state index in [0.717, 1.165) is 25.3 Å². The number of halogens is 3. The van der Waals surface area contributed by atoms with E-state index in [1.165, 1.54) is 12.3 Å². The Morgan fingerprint density at radius 3 is 2.52 bits per heavy atom. The zero-order valence-electron chi connectivity index (χ0n) is 11.5. The number of carbonyl (C=O) groups excluding carboxylic acids is 1. The van der Waals surface area contributed by atoms with E-state index in [9.17, 15) is 18.0 Å². The largest absolute Gasteiger partial charge is 0.418 e. The van der Waals surface area contributed by atoms with Crippen LogP contribution in [-0.4, -0.2) is 22.9 Å². The van der Waals surface area contributed by atoms with Crippen molar-refractivity contribution < 1.29 is 18.0 Å². The second kappa shape index (κ2) is 5.40. The van der Waals surface area contributed by atoms with Gasteiger partial charge in [-0.15, -0.1) is 0 Å². The molecular weight excluding hydrogens is 281 g/mol. The lowest BCUT2D eigenvalue weighted by atomic mass is 9.77. The molecule has 3 nitrogen and oxygen atoms in total. The number of rotatable bonds is 2. The Hall–Kier alpha value is -1.43. The van der Waals surface area contributed by atoms with Crippen LogP contribution in [-0.2, 0) is 6.18 Å². The molecule has 2 aliphatic rings. The third kappa shape index (κ3) is 2.95. The highest BCUT2D eigenvalue weighted by Gasteiger charge is 2.40. The maximum absolute atomic E-state index is 13.0. The molecule has 0 saturated carbocycles. The fourth-order valence-electron chi connectivity index (χ4n) is 3.50. The second-order valence-corrected chi connectivity index (χ2v) is 5.92. The molecule has 2 aliphatic heterocycles. The Balaban J connectivity index is 1.86. The van der Waals surface area contributed by atoms with E-state index in [2.05, 4.69) is 10.3 Å². The second-order valence-electron chi connectivity index (χ2n) is 5.92. The molecule has 2 unspecified atom stereocenters. The Bertz CT molecular complexity index is 532. The molecule has 114 valence electrons. The van der Waals surface area contributed by atoms with Gasteiger partial charge >= 0.3 is 6.18 Å². The van der Waals surface area contributed by atoms with E-state index in [4.69, 9.17) is 0 Å². The first-order valence-electron chi connectivity index (χ1n) is 7.27. The Kier molecular flexibility index (Phi) is 3.73. The first-order chi connectivity index (χ1) is 9.95. The van der Waals surface area contributed by atoms with Crippen molar-refractivity contribution >= 4 is 5.78 Å². The summed E-state index contributed by atoms with van der Waals surface area (Å²) in [6.45, 7) is 0. The smallest absolute Gasteiger partial charge is 0.311 e. The predicted molar refractivity (Wildman–Crippen MR) is 70.9 cm³/mol. The molecule has 2 saturated heterocycles. The number of pyridine rings is 1. The molecule has 2 bridgehead atoms. The minimum atomic E-state index is -4.54. The van der Waals surface area contributed by atoms with Crippen LogP contribution in [0.15, 0.2) is 18.3 Å². The summed E-state index contributed by atoms with van der Waals surface area (Å²) in [7, 11) is 0. The van der Waals surface area contributed by atoms with Crippen molar-refractivity contribution in [1.29, 1.82) is 0 Å². The van der Waals surface area contributed by atoms with E-state index in [1.54, 1.807) is 0 Å². The van der Waals surface area contributed by atoms with Gasteiger partial charge in [-0.25, -0.2) is 0 Å². The number of Topliss-reactive ketones (excluding diaryl/α,β-unsaturated/α-hetero) is 1. The minimum Gasteiger partial charge on any atom is -0.311 e. The highest BCUT2D eigenvalue weighted by Crippen LogP contribution is 2.35. The van der Waals surface area contributed by atoms with Crippen LogP contribution >= 0.6 is 0 Å². The van der Waals surface area contributed by atoms with Crippen LogP contribution in [0.1, 0.15) is 48.2 Å². The van der Waals surface area contributed by atoms with E-state index in [-0.39, 0.29) is 18.0 Å². The van der Waals surface area contributed by atoms with Crippen LogP contribution in [0.25, 0.3) is 0 Å². The van der Waals surface area contributed by atoms with Gasteiger partial charge in [0.2, 0.25) is 0 Å². The van der Waals surface area contributed by atoms with Crippen LogP contribution in [0, 0.1) is 5.92 Å². The molecule has 0 spiro atoms. The molecule has 0 amide bonds. The molecule has 0 aromatic carbocycles. The molecule has 0 aliphatic carbocycles. The number of nitrogens with zero attached hydrogens (tertiary/aromatic N) is 1. The molecule has 3 rings (SSSR count). The Morgan fingerprint density at radius 2 is 1.90 bits per heavy atom. The number of carbonyl (C=O) groups is 1. The number of fused-ring (bicyclic) bond motifs is 2.